The van der Waals surface area contributed by atoms with Crippen molar-refractivity contribution in [2.24, 2.45) is 5.92 Å². The first-order valence-corrected chi connectivity index (χ1v) is 8.67. The fraction of sp³-hybridized carbons (Fsp3) is 0.692. The van der Waals surface area contributed by atoms with Gasteiger partial charge in [0.15, 0.2) is 0 Å². The van der Waals surface area contributed by atoms with Gasteiger partial charge >= 0.3 is 0 Å². The number of hydrogen-bond donors (Lipinski definition) is 1. The molecule has 0 radical (unpaired) electrons. The smallest absolute Gasteiger partial charge is 0.143 e. The molecule has 1 N–H and O–H groups in total. The van der Waals surface area contributed by atoms with Crippen LogP contribution in [0.1, 0.15) is 44.1 Å². The number of nitrogens with zero attached hydrogens (tertiary/aromatic N) is 2. The normalized spacial score (nSPS) is 15.2. The molecule has 1 aliphatic rings. The summed E-state index contributed by atoms with van der Waals surface area (Å²) >= 11 is 4.29. The minimum atomic E-state index is 0.681. The molecule has 0 saturated heterocycles. The Morgan fingerprint density at radius 1 is 1.39 bits per heavy atom. The van der Waals surface area contributed by atoms with Crippen molar-refractivity contribution in [1.29, 1.82) is 0 Å². The largest absolute Gasteiger partial charge is 0.372 e. The summed E-state index contributed by atoms with van der Waals surface area (Å²) in [6, 6.07) is 0. The number of nitrogens with one attached hydrogen (secondary N) is 1. The zero-order valence-electron chi connectivity index (χ0n) is 11.2. The average Bonchev–Trinajstić information content (AvgIpc) is 3.14. The van der Waals surface area contributed by atoms with E-state index >= 15 is 0 Å². The quantitative estimate of drug-likeness (QED) is 0.764. The number of anilines is 1. The van der Waals surface area contributed by atoms with Crippen LogP contribution in [-0.4, -0.2) is 22.8 Å². The average molecular weight is 377 g/mol. The first kappa shape index (κ1) is 14.4. The molecule has 0 aliphatic heterocycles. The summed E-state index contributed by atoms with van der Waals surface area (Å²) in [6.07, 6.45) is 2.57. The molecule has 1 aromatic rings. The molecular weight excluding hydrogens is 357 g/mol. The van der Waals surface area contributed by atoms with Crippen LogP contribution < -0.4 is 5.32 Å². The topological polar surface area (TPSA) is 37.8 Å². The van der Waals surface area contributed by atoms with Crippen molar-refractivity contribution in [1.82, 2.24) is 9.97 Å². The van der Waals surface area contributed by atoms with Crippen molar-refractivity contribution in [3.05, 3.63) is 15.1 Å². The maximum atomic E-state index is 4.76. The van der Waals surface area contributed by atoms with Crippen LogP contribution in [0.4, 0.5) is 5.82 Å². The Labute approximate surface area is 127 Å². The van der Waals surface area contributed by atoms with E-state index in [2.05, 4.69) is 46.7 Å². The van der Waals surface area contributed by atoms with Gasteiger partial charge in [-0.05, 0) is 47.1 Å². The molecule has 0 atom stereocenters. The lowest BCUT2D eigenvalue weighted by atomic mass is 10.2. The van der Waals surface area contributed by atoms with Gasteiger partial charge in [-0.1, -0.05) is 13.8 Å². The molecule has 0 bridgehead atoms. The van der Waals surface area contributed by atoms with Gasteiger partial charge in [0.25, 0.3) is 0 Å². The first-order chi connectivity index (χ1) is 8.61. The van der Waals surface area contributed by atoms with E-state index in [1.807, 2.05) is 18.8 Å². The SMILES string of the molecule is CNc1nc(CSCC(C)C)nc(C2CC2)c1I. The van der Waals surface area contributed by atoms with E-state index < -0.39 is 0 Å². The first-order valence-electron chi connectivity index (χ1n) is 6.43. The summed E-state index contributed by atoms with van der Waals surface area (Å²) < 4.78 is 1.20. The van der Waals surface area contributed by atoms with Gasteiger partial charge in [0.2, 0.25) is 0 Å². The Bertz CT molecular complexity index is 419. The predicted molar refractivity (Wildman–Crippen MR) is 87.3 cm³/mol. The second-order valence-electron chi connectivity index (χ2n) is 5.12. The van der Waals surface area contributed by atoms with Crippen LogP contribution in [0.2, 0.25) is 0 Å². The van der Waals surface area contributed by atoms with Crippen LogP contribution in [0, 0.1) is 9.49 Å². The van der Waals surface area contributed by atoms with E-state index in [9.17, 15) is 0 Å². The number of halogens is 1. The van der Waals surface area contributed by atoms with Gasteiger partial charge in [-0.3, -0.25) is 0 Å². The molecule has 0 aromatic carbocycles. The highest BCUT2D eigenvalue weighted by Gasteiger charge is 2.29. The van der Waals surface area contributed by atoms with Gasteiger partial charge in [-0.25, -0.2) is 9.97 Å². The van der Waals surface area contributed by atoms with Crippen molar-refractivity contribution in [3.63, 3.8) is 0 Å². The molecule has 3 nitrogen and oxygen atoms in total. The third-order valence-electron chi connectivity index (χ3n) is 2.81. The molecule has 1 saturated carbocycles. The number of thioether (sulfide) groups is 1. The summed E-state index contributed by atoms with van der Waals surface area (Å²) in [4.78, 5) is 9.37. The van der Waals surface area contributed by atoms with E-state index in [0.29, 0.717) is 5.92 Å². The molecule has 0 amide bonds. The Hall–Kier alpha value is -0.0400. The summed E-state index contributed by atoms with van der Waals surface area (Å²) in [5, 5.41) is 3.19. The van der Waals surface area contributed by atoms with Crippen molar-refractivity contribution >= 4 is 40.2 Å². The van der Waals surface area contributed by atoms with E-state index in [4.69, 9.17) is 4.98 Å². The van der Waals surface area contributed by atoms with Gasteiger partial charge in [-0.2, -0.15) is 11.8 Å². The molecule has 0 spiro atoms. The van der Waals surface area contributed by atoms with Crippen LogP contribution in [0.15, 0.2) is 0 Å². The zero-order chi connectivity index (χ0) is 13.1. The van der Waals surface area contributed by atoms with Crippen molar-refractivity contribution in [2.45, 2.75) is 38.4 Å². The van der Waals surface area contributed by atoms with Crippen LogP contribution in [0.5, 0.6) is 0 Å². The summed E-state index contributed by atoms with van der Waals surface area (Å²) in [5.41, 5.74) is 1.26. The lowest BCUT2D eigenvalue weighted by Crippen LogP contribution is -2.06. The van der Waals surface area contributed by atoms with Crippen molar-refractivity contribution in [3.8, 4) is 0 Å². The zero-order valence-corrected chi connectivity index (χ0v) is 14.1. The van der Waals surface area contributed by atoms with E-state index in [1.165, 1.54) is 27.9 Å². The molecular formula is C13H20IN3S. The maximum absolute atomic E-state index is 4.76. The highest BCUT2D eigenvalue weighted by Crippen LogP contribution is 2.42. The Kier molecular flexibility index (Phi) is 5.12. The minimum Gasteiger partial charge on any atom is -0.372 e. The van der Waals surface area contributed by atoms with E-state index in [1.54, 1.807) is 0 Å². The summed E-state index contributed by atoms with van der Waals surface area (Å²) in [7, 11) is 1.94. The minimum absolute atomic E-state index is 0.681. The molecule has 1 heterocycles. The molecule has 5 heteroatoms. The molecule has 100 valence electrons. The van der Waals surface area contributed by atoms with Gasteiger partial charge in [0, 0.05) is 13.0 Å². The van der Waals surface area contributed by atoms with Gasteiger partial charge in [0.1, 0.15) is 11.6 Å². The highest BCUT2D eigenvalue weighted by atomic mass is 127. The lowest BCUT2D eigenvalue weighted by Gasteiger charge is -2.11. The van der Waals surface area contributed by atoms with E-state index in [-0.39, 0.29) is 0 Å². The fourth-order valence-electron chi connectivity index (χ4n) is 1.76. The van der Waals surface area contributed by atoms with Crippen molar-refractivity contribution < 1.29 is 0 Å². The lowest BCUT2D eigenvalue weighted by molar-refractivity contribution is 0.749. The summed E-state index contributed by atoms with van der Waals surface area (Å²) in [5.74, 6) is 5.47. The second kappa shape index (κ2) is 6.41. The Balaban J connectivity index is 2.12. The molecule has 1 fully saturated rings. The van der Waals surface area contributed by atoms with Crippen LogP contribution >= 0.6 is 34.4 Å². The maximum Gasteiger partial charge on any atom is 0.143 e. The molecule has 1 aliphatic carbocycles. The standard InChI is InChI=1S/C13H20IN3S/c1-8(2)6-18-7-10-16-12(9-4-5-9)11(14)13(15-3)17-10/h8-9H,4-7H2,1-3H3,(H,15,16,17). The Morgan fingerprint density at radius 2 is 2.11 bits per heavy atom. The van der Waals surface area contributed by atoms with Gasteiger partial charge in [-0.15, -0.1) is 0 Å². The fourth-order valence-corrected chi connectivity index (χ4v) is 3.61. The molecule has 1 aromatic heterocycles. The van der Waals surface area contributed by atoms with Crippen LogP contribution in [0.25, 0.3) is 0 Å². The van der Waals surface area contributed by atoms with Crippen LogP contribution in [-0.2, 0) is 5.75 Å². The second-order valence-corrected chi connectivity index (χ2v) is 7.23. The van der Waals surface area contributed by atoms with Gasteiger partial charge in [0.05, 0.1) is 15.0 Å². The van der Waals surface area contributed by atoms with Crippen LogP contribution in [0.3, 0.4) is 0 Å². The molecule has 18 heavy (non-hydrogen) atoms. The third kappa shape index (κ3) is 3.73. The van der Waals surface area contributed by atoms with E-state index in [0.717, 1.165) is 23.3 Å². The monoisotopic (exact) mass is 377 g/mol. The number of hydrogen-bond acceptors (Lipinski definition) is 4. The van der Waals surface area contributed by atoms with Gasteiger partial charge < -0.3 is 5.32 Å². The molecule has 2 rings (SSSR count). The van der Waals surface area contributed by atoms with Crippen molar-refractivity contribution in [2.75, 3.05) is 18.1 Å². The Morgan fingerprint density at radius 3 is 2.67 bits per heavy atom. The molecule has 0 unspecified atom stereocenters. The third-order valence-corrected chi connectivity index (χ3v) is 5.23. The number of aromatic nitrogens is 2. The predicted octanol–water partition coefficient (Wildman–Crippen LogP) is 3.89. The number of rotatable bonds is 6. The summed E-state index contributed by atoms with van der Waals surface area (Å²) in [6.45, 7) is 4.49. The highest BCUT2D eigenvalue weighted by molar-refractivity contribution is 14.1.